The number of rotatable bonds is 5. The van der Waals surface area contributed by atoms with Gasteiger partial charge in [0.2, 0.25) is 0 Å². The predicted octanol–water partition coefficient (Wildman–Crippen LogP) is 2.73. The number of hydrogen-bond acceptors (Lipinski definition) is 4. The van der Waals surface area contributed by atoms with Gasteiger partial charge in [-0.25, -0.2) is 4.79 Å². The van der Waals surface area contributed by atoms with Crippen LogP contribution >= 0.6 is 11.6 Å². The molecule has 0 saturated carbocycles. The van der Waals surface area contributed by atoms with Crippen LogP contribution in [0, 0.1) is 11.3 Å². The number of nitrogens with one attached hydrogen (secondary N) is 1. The van der Waals surface area contributed by atoms with E-state index < -0.39 is 17.9 Å². The van der Waals surface area contributed by atoms with Gasteiger partial charge in [0.15, 0.2) is 0 Å². The molecule has 24 heavy (non-hydrogen) atoms. The summed E-state index contributed by atoms with van der Waals surface area (Å²) in [6.07, 6.45) is 0.224. The second kappa shape index (κ2) is 8.14. The molecule has 0 aliphatic rings. The number of esters is 1. The summed E-state index contributed by atoms with van der Waals surface area (Å²) in [7, 11) is 1.26. The minimum absolute atomic E-state index is 0.224. The molecule has 0 aliphatic carbocycles. The van der Waals surface area contributed by atoms with Gasteiger partial charge in [-0.05, 0) is 42.0 Å². The highest BCUT2D eigenvalue weighted by atomic mass is 35.5. The van der Waals surface area contributed by atoms with Gasteiger partial charge in [-0.1, -0.05) is 23.7 Å². The Morgan fingerprint density at radius 3 is 2.58 bits per heavy atom. The SMILES string of the molecule is COC(=O)[C@@H](Cc1cccc(C#N)c1)NC(=O)c1ccc(Cl)cc1. The molecule has 1 N–H and O–H groups in total. The molecule has 5 nitrogen and oxygen atoms in total. The summed E-state index contributed by atoms with van der Waals surface area (Å²) < 4.78 is 4.76. The average molecular weight is 343 g/mol. The minimum atomic E-state index is -0.855. The van der Waals surface area contributed by atoms with Gasteiger partial charge in [0, 0.05) is 17.0 Å². The first kappa shape index (κ1) is 17.5. The van der Waals surface area contributed by atoms with E-state index in [-0.39, 0.29) is 6.42 Å². The number of carbonyl (C=O) groups is 2. The standard InChI is InChI=1S/C18H15ClN2O3/c1-24-18(23)16(10-12-3-2-4-13(9-12)11-20)21-17(22)14-5-7-15(19)8-6-14/h2-9,16H,10H2,1H3,(H,21,22)/t16-/m1/s1. The first-order valence-corrected chi connectivity index (χ1v) is 7.54. The molecule has 0 aromatic heterocycles. The molecule has 1 amide bonds. The van der Waals surface area contributed by atoms with Crippen molar-refractivity contribution in [3.8, 4) is 6.07 Å². The molecule has 0 spiro atoms. The molecule has 0 unspecified atom stereocenters. The molecule has 0 saturated heterocycles. The van der Waals surface area contributed by atoms with Crippen LogP contribution in [0.15, 0.2) is 48.5 Å². The number of nitrogens with zero attached hydrogens (tertiary/aromatic N) is 1. The topological polar surface area (TPSA) is 79.2 Å². The Bertz CT molecular complexity index is 782. The highest BCUT2D eigenvalue weighted by Gasteiger charge is 2.22. The van der Waals surface area contributed by atoms with Gasteiger partial charge < -0.3 is 10.1 Å². The Morgan fingerprint density at radius 2 is 1.96 bits per heavy atom. The van der Waals surface area contributed by atoms with Crippen molar-refractivity contribution in [2.45, 2.75) is 12.5 Å². The summed E-state index contributed by atoms with van der Waals surface area (Å²) in [5, 5.41) is 12.1. The number of carbonyl (C=O) groups excluding carboxylic acids is 2. The maximum atomic E-state index is 12.3. The molecule has 6 heteroatoms. The Balaban J connectivity index is 2.16. The smallest absolute Gasteiger partial charge is 0.328 e. The number of nitriles is 1. The number of hydrogen-bond donors (Lipinski definition) is 1. The zero-order chi connectivity index (χ0) is 17.5. The van der Waals surface area contributed by atoms with E-state index in [2.05, 4.69) is 5.32 Å². The van der Waals surface area contributed by atoms with Crippen LogP contribution < -0.4 is 5.32 Å². The third-order valence-corrected chi connectivity index (χ3v) is 3.65. The van der Waals surface area contributed by atoms with Crippen molar-refractivity contribution in [2.75, 3.05) is 7.11 Å². The van der Waals surface area contributed by atoms with Gasteiger partial charge >= 0.3 is 5.97 Å². The first-order valence-electron chi connectivity index (χ1n) is 7.17. The second-order valence-corrected chi connectivity index (χ2v) is 5.51. The highest BCUT2D eigenvalue weighted by Crippen LogP contribution is 2.11. The van der Waals surface area contributed by atoms with Crippen LogP contribution in [-0.2, 0) is 16.0 Å². The van der Waals surface area contributed by atoms with Crippen LogP contribution in [0.3, 0.4) is 0 Å². The molecule has 2 aromatic carbocycles. The average Bonchev–Trinajstić information content (AvgIpc) is 2.61. The zero-order valence-electron chi connectivity index (χ0n) is 13.0. The van der Waals surface area contributed by atoms with Crippen molar-refractivity contribution in [3.05, 3.63) is 70.2 Å². The molecule has 0 bridgehead atoms. The number of methoxy groups -OCH3 is 1. The Hall–Kier alpha value is -2.84. The summed E-state index contributed by atoms with van der Waals surface area (Å²) in [6.45, 7) is 0. The first-order chi connectivity index (χ1) is 11.5. The summed E-state index contributed by atoms with van der Waals surface area (Å²) in [6, 6.07) is 14.4. The van der Waals surface area contributed by atoms with E-state index in [1.54, 1.807) is 48.5 Å². The van der Waals surface area contributed by atoms with E-state index in [9.17, 15) is 9.59 Å². The van der Waals surface area contributed by atoms with E-state index in [4.69, 9.17) is 21.6 Å². The van der Waals surface area contributed by atoms with Crippen LogP contribution in [0.25, 0.3) is 0 Å². The lowest BCUT2D eigenvalue weighted by molar-refractivity contribution is -0.142. The third-order valence-electron chi connectivity index (χ3n) is 3.39. The summed E-state index contributed by atoms with van der Waals surface area (Å²) in [4.78, 5) is 24.3. The van der Waals surface area contributed by atoms with E-state index in [1.165, 1.54) is 7.11 Å². The largest absolute Gasteiger partial charge is 0.467 e. The number of benzene rings is 2. The maximum absolute atomic E-state index is 12.3. The van der Waals surface area contributed by atoms with E-state index in [1.807, 2.05) is 6.07 Å². The van der Waals surface area contributed by atoms with Gasteiger partial charge in [0.05, 0.1) is 18.7 Å². The molecule has 0 heterocycles. The molecular formula is C18H15ClN2O3. The molecule has 2 rings (SSSR count). The molecule has 0 fully saturated rings. The van der Waals surface area contributed by atoms with Crippen LogP contribution in [0.5, 0.6) is 0 Å². The summed E-state index contributed by atoms with van der Waals surface area (Å²) >= 11 is 5.80. The van der Waals surface area contributed by atoms with Gasteiger partial charge in [0.1, 0.15) is 6.04 Å². The Labute approximate surface area is 144 Å². The normalized spacial score (nSPS) is 11.2. The Morgan fingerprint density at radius 1 is 1.25 bits per heavy atom. The molecule has 2 aromatic rings. The lowest BCUT2D eigenvalue weighted by Crippen LogP contribution is -2.43. The minimum Gasteiger partial charge on any atom is -0.467 e. The van der Waals surface area contributed by atoms with Crippen LogP contribution in [0.4, 0.5) is 0 Å². The zero-order valence-corrected chi connectivity index (χ0v) is 13.7. The molecule has 0 radical (unpaired) electrons. The van der Waals surface area contributed by atoms with Gasteiger partial charge in [-0.15, -0.1) is 0 Å². The van der Waals surface area contributed by atoms with Crippen molar-refractivity contribution in [3.63, 3.8) is 0 Å². The van der Waals surface area contributed by atoms with Crippen LogP contribution in [0.1, 0.15) is 21.5 Å². The number of ether oxygens (including phenoxy) is 1. The highest BCUT2D eigenvalue weighted by molar-refractivity contribution is 6.30. The second-order valence-electron chi connectivity index (χ2n) is 5.07. The van der Waals surface area contributed by atoms with Crippen LogP contribution in [0.2, 0.25) is 5.02 Å². The molecule has 122 valence electrons. The van der Waals surface area contributed by atoms with Gasteiger partial charge in [0.25, 0.3) is 5.91 Å². The van der Waals surface area contributed by atoms with Gasteiger partial charge in [-0.2, -0.15) is 5.26 Å². The fourth-order valence-electron chi connectivity index (χ4n) is 2.18. The monoisotopic (exact) mass is 342 g/mol. The van der Waals surface area contributed by atoms with E-state index in [0.29, 0.717) is 16.1 Å². The quantitative estimate of drug-likeness (QED) is 0.847. The number of amides is 1. The summed E-state index contributed by atoms with van der Waals surface area (Å²) in [5.41, 5.74) is 1.63. The maximum Gasteiger partial charge on any atom is 0.328 e. The molecule has 0 aliphatic heterocycles. The Kier molecular flexibility index (Phi) is 5.94. The van der Waals surface area contributed by atoms with Crippen molar-refractivity contribution in [1.29, 1.82) is 5.26 Å². The number of halogens is 1. The fraction of sp³-hybridized carbons (Fsp3) is 0.167. The third kappa shape index (κ3) is 4.58. The van der Waals surface area contributed by atoms with Crippen LogP contribution in [-0.4, -0.2) is 25.0 Å². The van der Waals surface area contributed by atoms with Crippen molar-refractivity contribution < 1.29 is 14.3 Å². The van der Waals surface area contributed by atoms with Gasteiger partial charge in [-0.3, -0.25) is 4.79 Å². The van der Waals surface area contributed by atoms with Crippen molar-refractivity contribution in [2.24, 2.45) is 0 Å². The summed E-state index contributed by atoms with van der Waals surface area (Å²) in [5.74, 6) is -0.960. The van der Waals surface area contributed by atoms with Crippen molar-refractivity contribution >= 4 is 23.5 Å². The molecular weight excluding hydrogens is 328 g/mol. The lowest BCUT2D eigenvalue weighted by Gasteiger charge is -2.17. The van der Waals surface area contributed by atoms with E-state index in [0.717, 1.165) is 5.56 Å². The van der Waals surface area contributed by atoms with Crippen molar-refractivity contribution in [1.82, 2.24) is 5.32 Å². The predicted molar refractivity (Wildman–Crippen MR) is 89.6 cm³/mol. The lowest BCUT2D eigenvalue weighted by atomic mass is 10.0. The fourth-order valence-corrected chi connectivity index (χ4v) is 2.31. The molecule has 1 atom stereocenters. The van der Waals surface area contributed by atoms with E-state index >= 15 is 0 Å².